The van der Waals surface area contributed by atoms with Crippen LogP contribution in [0.25, 0.3) is 0 Å². The molecule has 0 bridgehead atoms. The van der Waals surface area contributed by atoms with Crippen LogP contribution in [0, 0.1) is 5.82 Å². The summed E-state index contributed by atoms with van der Waals surface area (Å²) in [6.07, 6.45) is 0.749. The summed E-state index contributed by atoms with van der Waals surface area (Å²) in [4.78, 5) is 17.8. The van der Waals surface area contributed by atoms with E-state index in [0.29, 0.717) is 24.6 Å². The van der Waals surface area contributed by atoms with Crippen molar-refractivity contribution >= 4 is 27.8 Å². The quantitative estimate of drug-likeness (QED) is 0.542. The average molecular weight is 435 g/mol. The van der Waals surface area contributed by atoms with E-state index in [1.807, 2.05) is 24.3 Å². The molecule has 144 valence electrons. The number of nitrogens with one attached hydrogen (secondary N) is 2. The molecule has 5 nitrogen and oxygen atoms in total. The Hall–Kier alpha value is -2.41. The molecular weight excluding hydrogens is 411 g/mol. The fourth-order valence-electron chi connectivity index (χ4n) is 2.52. The smallest absolute Gasteiger partial charge is 0.253 e. The lowest BCUT2D eigenvalue weighted by Crippen LogP contribution is -2.38. The topological polar surface area (TPSA) is 56.7 Å². The van der Waals surface area contributed by atoms with Crippen molar-refractivity contribution in [1.82, 2.24) is 15.5 Å². The number of carbonyl (C=O) groups excluding carboxylic acids is 1. The molecule has 27 heavy (non-hydrogen) atoms. The Morgan fingerprint density at radius 1 is 1.19 bits per heavy atom. The van der Waals surface area contributed by atoms with Gasteiger partial charge in [0.15, 0.2) is 5.96 Å². The summed E-state index contributed by atoms with van der Waals surface area (Å²) >= 11 is 3.42. The van der Waals surface area contributed by atoms with Crippen LogP contribution in [0.4, 0.5) is 4.39 Å². The number of guanidine groups is 1. The lowest BCUT2D eigenvalue weighted by Gasteiger charge is -2.14. The molecule has 0 spiro atoms. The Balaban J connectivity index is 1.87. The number of hydrogen-bond acceptors (Lipinski definition) is 2. The van der Waals surface area contributed by atoms with Gasteiger partial charge in [0.1, 0.15) is 5.82 Å². The summed E-state index contributed by atoms with van der Waals surface area (Å²) in [5, 5.41) is 6.39. The van der Waals surface area contributed by atoms with Crippen molar-refractivity contribution in [3.63, 3.8) is 0 Å². The van der Waals surface area contributed by atoms with Crippen molar-refractivity contribution in [1.29, 1.82) is 0 Å². The van der Waals surface area contributed by atoms with Crippen LogP contribution >= 0.6 is 15.9 Å². The zero-order valence-electron chi connectivity index (χ0n) is 15.7. The maximum Gasteiger partial charge on any atom is 0.253 e. The minimum absolute atomic E-state index is 0.0112. The van der Waals surface area contributed by atoms with E-state index in [2.05, 4.69) is 31.6 Å². The largest absolute Gasteiger partial charge is 0.356 e. The van der Waals surface area contributed by atoms with E-state index in [4.69, 9.17) is 0 Å². The molecule has 0 aliphatic heterocycles. The summed E-state index contributed by atoms with van der Waals surface area (Å²) in [5.41, 5.74) is 2.56. The first-order chi connectivity index (χ1) is 12.9. The van der Waals surface area contributed by atoms with Crippen molar-refractivity contribution in [3.05, 3.63) is 69.4 Å². The second kappa shape index (κ2) is 10.1. The number of carbonyl (C=O) groups is 1. The normalized spacial score (nSPS) is 11.2. The number of halogens is 2. The van der Waals surface area contributed by atoms with Crippen molar-refractivity contribution in [2.45, 2.75) is 13.0 Å². The number of hydrogen-bond donors (Lipinski definition) is 2. The van der Waals surface area contributed by atoms with E-state index < -0.39 is 0 Å². The Bertz CT molecular complexity index is 823. The number of benzene rings is 2. The number of rotatable bonds is 6. The molecule has 2 N–H and O–H groups in total. The lowest BCUT2D eigenvalue weighted by molar-refractivity contribution is 0.0827. The Labute approximate surface area is 167 Å². The summed E-state index contributed by atoms with van der Waals surface area (Å²) in [5.74, 6) is 0.347. The highest BCUT2D eigenvalue weighted by Crippen LogP contribution is 2.17. The summed E-state index contributed by atoms with van der Waals surface area (Å²) < 4.78 is 14.2. The van der Waals surface area contributed by atoms with Crippen LogP contribution < -0.4 is 10.6 Å². The monoisotopic (exact) mass is 434 g/mol. The number of nitrogens with zero attached hydrogens (tertiary/aromatic N) is 2. The third-order valence-electron chi connectivity index (χ3n) is 3.96. The van der Waals surface area contributed by atoms with Gasteiger partial charge < -0.3 is 15.5 Å². The van der Waals surface area contributed by atoms with E-state index in [0.717, 1.165) is 22.0 Å². The predicted molar refractivity (Wildman–Crippen MR) is 110 cm³/mol. The molecule has 0 fully saturated rings. The van der Waals surface area contributed by atoms with Crippen LogP contribution in [0.1, 0.15) is 21.5 Å². The van der Waals surface area contributed by atoms with Crippen molar-refractivity contribution in [2.75, 3.05) is 27.7 Å². The minimum atomic E-state index is -0.273. The van der Waals surface area contributed by atoms with Gasteiger partial charge in [0, 0.05) is 44.3 Å². The van der Waals surface area contributed by atoms with E-state index >= 15 is 0 Å². The fourth-order valence-corrected chi connectivity index (χ4v) is 2.91. The van der Waals surface area contributed by atoms with Crippen LogP contribution in [0.5, 0.6) is 0 Å². The predicted octanol–water partition coefficient (Wildman–Crippen LogP) is 3.20. The first-order valence-corrected chi connectivity index (χ1v) is 9.39. The SMILES string of the molecule is CN=C(NCCc1cccc(C(=O)N(C)C)c1)NCc1cc(F)ccc1Br. The van der Waals surface area contributed by atoms with Gasteiger partial charge in [0.05, 0.1) is 0 Å². The molecule has 0 aliphatic rings. The molecule has 2 aromatic rings. The van der Waals surface area contributed by atoms with E-state index in [1.54, 1.807) is 32.1 Å². The molecule has 0 radical (unpaired) electrons. The Kier molecular flexibility index (Phi) is 7.79. The molecule has 2 aromatic carbocycles. The van der Waals surface area contributed by atoms with Crippen molar-refractivity contribution in [3.8, 4) is 0 Å². The van der Waals surface area contributed by atoms with Crippen LogP contribution in [-0.2, 0) is 13.0 Å². The molecule has 0 saturated carbocycles. The van der Waals surface area contributed by atoms with E-state index in [9.17, 15) is 9.18 Å². The highest BCUT2D eigenvalue weighted by atomic mass is 79.9. The second-order valence-corrected chi connectivity index (χ2v) is 7.09. The highest BCUT2D eigenvalue weighted by molar-refractivity contribution is 9.10. The third kappa shape index (κ3) is 6.36. The zero-order valence-corrected chi connectivity index (χ0v) is 17.3. The van der Waals surface area contributed by atoms with Gasteiger partial charge in [0.2, 0.25) is 0 Å². The van der Waals surface area contributed by atoms with E-state index in [-0.39, 0.29) is 11.7 Å². The van der Waals surface area contributed by atoms with E-state index in [1.165, 1.54) is 12.1 Å². The second-order valence-electron chi connectivity index (χ2n) is 6.24. The molecule has 7 heteroatoms. The van der Waals surface area contributed by atoms with Crippen molar-refractivity contribution in [2.24, 2.45) is 4.99 Å². The molecule has 0 saturated heterocycles. The van der Waals surface area contributed by atoms with Gasteiger partial charge in [-0.15, -0.1) is 0 Å². The Morgan fingerprint density at radius 2 is 1.96 bits per heavy atom. The maximum absolute atomic E-state index is 13.4. The van der Waals surface area contributed by atoms with Gasteiger partial charge in [-0.25, -0.2) is 4.39 Å². The standard InChI is InChI=1S/C20H24BrFN4O/c1-23-20(25-13-16-12-17(22)7-8-18(16)21)24-10-9-14-5-4-6-15(11-14)19(27)26(2)3/h4-8,11-12H,9-10,13H2,1-3H3,(H2,23,24,25). The summed E-state index contributed by atoms with van der Waals surface area (Å²) in [6.45, 7) is 1.11. The Morgan fingerprint density at radius 3 is 2.67 bits per heavy atom. The molecule has 2 rings (SSSR count). The summed E-state index contributed by atoms with van der Waals surface area (Å²) in [7, 11) is 5.17. The fraction of sp³-hybridized carbons (Fsp3) is 0.300. The zero-order chi connectivity index (χ0) is 19.8. The molecule has 0 unspecified atom stereocenters. The average Bonchev–Trinajstić information content (AvgIpc) is 2.66. The van der Waals surface area contributed by atoms with Crippen LogP contribution in [0.2, 0.25) is 0 Å². The van der Waals surface area contributed by atoms with Crippen LogP contribution in [0.15, 0.2) is 51.9 Å². The molecule has 1 amide bonds. The molecular formula is C20H24BrFN4O. The van der Waals surface area contributed by atoms with Gasteiger partial charge in [-0.2, -0.15) is 0 Å². The molecule has 0 atom stereocenters. The van der Waals surface area contributed by atoms with Gasteiger partial charge in [-0.3, -0.25) is 9.79 Å². The number of amides is 1. The van der Waals surface area contributed by atoms with Gasteiger partial charge in [0.25, 0.3) is 5.91 Å². The lowest BCUT2D eigenvalue weighted by atomic mass is 10.1. The summed E-state index contributed by atoms with van der Waals surface area (Å²) in [6, 6.07) is 12.2. The third-order valence-corrected chi connectivity index (χ3v) is 4.74. The highest BCUT2D eigenvalue weighted by Gasteiger charge is 2.08. The molecule has 0 heterocycles. The molecule has 0 aliphatic carbocycles. The first kappa shape index (κ1) is 20.9. The van der Waals surface area contributed by atoms with Gasteiger partial charge in [-0.05, 0) is 47.9 Å². The minimum Gasteiger partial charge on any atom is -0.356 e. The first-order valence-electron chi connectivity index (χ1n) is 8.59. The van der Waals surface area contributed by atoms with Gasteiger partial charge >= 0.3 is 0 Å². The van der Waals surface area contributed by atoms with Crippen LogP contribution in [-0.4, -0.2) is 44.5 Å². The van der Waals surface area contributed by atoms with Crippen molar-refractivity contribution < 1.29 is 9.18 Å². The number of aliphatic imine (C=N–C) groups is 1. The van der Waals surface area contributed by atoms with Crippen LogP contribution in [0.3, 0.4) is 0 Å². The maximum atomic E-state index is 13.4. The van der Waals surface area contributed by atoms with Gasteiger partial charge in [-0.1, -0.05) is 28.1 Å². The molecule has 0 aromatic heterocycles.